The molecule has 5 heteroatoms. The highest BCUT2D eigenvalue weighted by Crippen LogP contribution is 2.10. The largest absolute Gasteiger partial charge is 0.367 e. The number of carbonyl (C=O) groups is 1. The Balaban J connectivity index is 2.12. The van der Waals surface area contributed by atoms with Gasteiger partial charge in [0.2, 0.25) is 5.78 Å². The zero-order valence-corrected chi connectivity index (χ0v) is 9.72. The van der Waals surface area contributed by atoms with Crippen LogP contribution in [-0.2, 0) is 11.3 Å². The lowest BCUT2D eigenvalue weighted by molar-refractivity contribution is -0.00938. The molecule has 2 heterocycles. The van der Waals surface area contributed by atoms with E-state index in [2.05, 4.69) is 9.88 Å². The lowest BCUT2D eigenvalue weighted by Gasteiger charge is -2.28. The Bertz CT molecular complexity index is 375. The summed E-state index contributed by atoms with van der Waals surface area (Å²) in [6.45, 7) is 4.89. The van der Waals surface area contributed by atoms with Gasteiger partial charge in [0, 0.05) is 32.0 Å². The molecule has 0 bridgehead atoms. The number of hydrogen-bond acceptors (Lipinski definition) is 4. The van der Waals surface area contributed by atoms with E-state index in [0.717, 1.165) is 13.1 Å². The maximum Gasteiger partial charge on any atom is 0.228 e. The van der Waals surface area contributed by atoms with E-state index in [1.54, 1.807) is 6.20 Å². The summed E-state index contributed by atoms with van der Waals surface area (Å²) in [5, 5.41) is 0. The molecule has 88 valence electrons. The molecular formula is C11H17N3O2. The van der Waals surface area contributed by atoms with Crippen molar-refractivity contribution in [1.82, 2.24) is 14.5 Å². The number of ketones is 1. The number of aryl methyl sites for hydroxylation is 1. The molecule has 1 aliphatic rings. The molecule has 1 unspecified atom stereocenters. The number of carbonyl (C=O) groups excluding carboxylic acids is 1. The Morgan fingerprint density at radius 2 is 2.50 bits per heavy atom. The number of Topliss-reactive ketones (excluding diaryl/α,β-unsaturated/α-hetero) is 1. The summed E-state index contributed by atoms with van der Waals surface area (Å²) >= 11 is 0. The lowest BCUT2D eigenvalue weighted by atomic mass is 10.2. The highest BCUT2D eigenvalue weighted by molar-refractivity contribution is 5.96. The average Bonchev–Trinajstić information content (AvgIpc) is 2.76. The maximum absolute atomic E-state index is 12.2. The Labute approximate surface area is 95.0 Å². The minimum atomic E-state index is -0.369. The number of hydrogen-bond donors (Lipinski definition) is 0. The highest BCUT2D eigenvalue weighted by Gasteiger charge is 2.28. The SMILES string of the molecule is CCn1ccnc1C(=O)C1CN(C)CCO1. The van der Waals surface area contributed by atoms with Crippen LogP contribution in [0.3, 0.4) is 0 Å². The van der Waals surface area contributed by atoms with E-state index in [0.29, 0.717) is 19.0 Å². The first-order chi connectivity index (χ1) is 7.72. The fourth-order valence-electron chi connectivity index (χ4n) is 1.87. The summed E-state index contributed by atoms with van der Waals surface area (Å²) in [4.78, 5) is 18.4. The van der Waals surface area contributed by atoms with Gasteiger partial charge in [-0.2, -0.15) is 0 Å². The quantitative estimate of drug-likeness (QED) is 0.697. The smallest absolute Gasteiger partial charge is 0.228 e. The standard InChI is InChI=1S/C11H17N3O2/c1-3-14-5-4-12-11(14)10(15)9-8-13(2)6-7-16-9/h4-5,9H,3,6-8H2,1-2H3. The van der Waals surface area contributed by atoms with Crippen molar-refractivity contribution in [3.63, 3.8) is 0 Å². The molecule has 0 saturated carbocycles. The van der Waals surface area contributed by atoms with E-state index in [4.69, 9.17) is 4.74 Å². The summed E-state index contributed by atoms with van der Waals surface area (Å²) in [5.41, 5.74) is 0. The van der Waals surface area contributed by atoms with Crippen molar-refractivity contribution in [2.45, 2.75) is 19.6 Å². The van der Waals surface area contributed by atoms with E-state index in [1.165, 1.54) is 0 Å². The number of morpholine rings is 1. The van der Waals surface area contributed by atoms with Crippen molar-refractivity contribution >= 4 is 5.78 Å². The van der Waals surface area contributed by atoms with Gasteiger partial charge in [0.15, 0.2) is 5.82 Å². The van der Waals surface area contributed by atoms with Gasteiger partial charge in [0.1, 0.15) is 6.10 Å². The predicted octanol–water partition coefficient (Wildman–Crippen LogP) is 0.416. The van der Waals surface area contributed by atoms with Crippen LogP contribution in [0.1, 0.15) is 17.5 Å². The van der Waals surface area contributed by atoms with E-state index in [9.17, 15) is 4.79 Å². The van der Waals surface area contributed by atoms with Crippen LogP contribution in [0.15, 0.2) is 12.4 Å². The molecule has 0 radical (unpaired) electrons. The van der Waals surface area contributed by atoms with Gasteiger partial charge in [-0.3, -0.25) is 4.79 Å². The summed E-state index contributed by atoms with van der Waals surface area (Å²) in [5.74, 6) is 0.487. The fourth-order valence-corrected chi connectivity index (χ4v) is 1.87. The minimum absolute atomic E-state index is 0.0154. The first kappa shape index (κ1) is 11.3. The normalized spacial score (nSPS) is 22.2. The second-order valence-electron chi connectivity index (χ2n) is 4.02. The highest BCUT2D eigenvalue weighted by atomic mass is 16.5. The van der Waals surface area contributed by atoms with E-state index in [1.807, 2.05) is 24.7 Å². The van der Waals surface area contributed by atoms with Crippen LogP contribution in [-0.4, -0.2) is 53.1 Å². The van der Waals surface area contributed by atoms with Crippen molar-refractivity contribution < 1.29 is 9.53 Å². The van der Waals surface area contributed by atoms with Gasteiger partial charge in [-0.05, 0) is 14.0 Å². The Hall–Kier alpha value is -1.20. The van der Waals surface area contributed by atoms with Gasteiger partial charge in [-0.15, -0.1) is 0 Å². The van der Waals surface area contributed by atoms with Gasteiger partial charge in [0.25, 0.3) is 0 Å². The van der Waals surface area contributed by atoms with Crippen LogP contribution in [0, 0.1) is 0 Å². The minimum Gasteiger partial charge on any atom is -0.367 e. The zero-order chi connectivity index (χ0) is 11.5. The topological polar surface area (TPSA) is 47.4 Å². The van der Waals surface area contributed by atoms with Crippen molar-refractivity contribution in [1.29, 1.82) is 0 Å². The Morgan fingerprint density at radius 3 is 3.19 bits per heavy atom. The summed E-state index contributed by atoms with van der Waals surface area (Å²) in [6.07, 6.45) is 3.11. The first-order valence-corrected chi connectivity index (χ1v) is 5.58. The van der Waals surface area contributed by atoms with Crippen LogP contribution >= 0.6 is 0 Å². The van der Waals surface area contributed by atoms with Crippen LogP contribution in [0.25, 0.3) is 0 Å². The fraction of sp³-hybridized carbons (Fsp3) is 0.636. The Kier molecular flexibility index (Phi) is 3.36. The number of imidazole rings is 1. The van der Waals surface area contributed by atoms with E-state index in [-0.39, 0.29) is 11.9 Å². The molecule has 1 aromatic heterocycles. The predicted molar refractivity (Wildman–Crippen MR) is 59.5 cm³/mol. The summed E-state index contributed by atoms with van der Waals surface area (Å²) in [6, 6.07) is 0. The van der Waals surface area contributed by atoms with Gasteiger partial charge >= 0.3 is 0 Å². The summed E-state index contributed by atoms with van der Waals surface area (Å²) in [7, 11) is 2.00. The van der Waals surface area contributed by atoms with Crippen molar-refractivity contribution in [3.05, 3.63) is 18.2 Å². The number of likely N-dealkylation sites (N-methyl/N-ethyl adjacent to an activating group) is 1. The molecule has 1 saturated heterocycles. The van der Waals surface area contributed by atoms with E-state index >= 15 is 0 Å². The molecule has 1 aliphatic heterocycles. The Morgan fingerprint density at radius 1 is 1.69 bits per heavy atom. The first-order valence-electron chi connectivity index (χ1n) is 5.58. The zero-order valence-electron chi connectivity index (χ0n) is 9.72. The van der Waals surface area contributed by atoms with Crippen molar-refractivity contribution in [2.24, 2.45) is 0 Å². The van der Waals surface area contributed by atoms with Gasteiger partial charge in [-0.25, -0.2) is 4.98 Å². The van der Waals surface area contributed by atoms with Gasteiger partial charge in [-0.1, -0.05) is 0 Å². The van der Waals surface area contributed by atoms with Crippen LogP contribution in [0.4, 0.5) is 0 Å². The third kappa shape index (κ3) is 2.15. The third-order valence-corrected chi connectivity index (χ3v) is 2.84. The second-order valence-corrected chi connectivity index (χ2v) is 4.02. The molecule has 0 amide bonds. The molecule has 16 heavy (non-hydrogen) atoms. The van der Waals surface area contributed by atoms with Crippen molar-refractivity contribution in [2.75, 3.05) is 26.7 Å². The van der Waals surface area contributed by atoms with Crippen LogP contribution in [0.5, 0.6) is 0 Å². The molecule has 1 aromatic rings. The molecule has 0 N–H and O–H groups in total. The van der Waals surface area contributed by atoms with Crippen molar-refractivity contribution in [3.8, 4) is 0 Å². The maximum atomic E-state index is 12.2. The number of ether oxygens (including phenoxy) is 1. The van der Waals surface area contributed by atoms with Crippen LogP contribution < -0.4 is 0 Å². The molecular weight excluding hydrogens is 206 g/mol. The van der Waals surface area contributed by atoms with Gasteiger partial charge in [0.05, 0.1) is 6.61 Å². The van der Waals surface area contributed by atoms with Crippen LogP contribution in [0.2, 0.25) is 0 Å². The molecule has 0 aromatic carbocycles. The lowest BCUT2D eigenvalue weighted by Crippen LogP contribution is -2.44. The second kappa shape index (κ2) is 4.76. The monoisotopic (exact) mass is 223 g/mol. The molecule has 2 rings (SSSR count). The number of rotatable bonds is 3. The molecule has 1 atom stereocenters. The average molecular weight is 223 g/mol. The van der Waals surface area contributed by atoms with Gasteiger partial charge < -0.3 is 14.2 Å². The van der Waals surface area contributed by atoms with E-state index < -0.39 is 0 Å². The third-order valence-electron chi connectivity index (χ3n) is 2.84. The molecule has 5 nitrogen and oxygen atoms in total. The molecule has 1 fully saturated rings. The summed E-state index contributed by atoms with van der Waals surface area (Å²) < 4.78 is 7.34. The number of aromatic nitrogens is 2. The molecule has 0 aliphatic carbocycles. The number of nitrogens with zero attached hydrogens (tertiary/aromatic N) is 3. The molecule has 0 spiro atoms.